The molecule has 5 rings (SSSR count). The molecule has 47 heavy (non-hydrogen) atoms. The van der Waals surface area contributed by atoms with Crippen LogP contribution in [0.15, 0.2) is 46.0 Å². The minimum atomic E-state index is -4.53. The Bertz CT molecular complexity index is 1890. The van der Waals surface area contributed by atoms with Crippen LogP contribution in [-0.4, -0.2) is 55.8 Å². The summed E-state index contributed by atoms with van der Waals surface area (Å²) in [5, 5.41) is 0.0482. The standard InChI is InChI=1S/C37H43F4N2O4/c1-21(46-7)13-15-42-29-17-23(37(39,40)41)9-11-27(29)35(3,4)31(42)19-25-33(44)26(34(25)45)20-32-36(5,6)28-12-10-24(38)18-30(28)43(32)16-14-22(2)47-8/h9-12,17-22,32H,13-16H2,1-8H3/q+1. The zero-order valence-electron chi connectivity index (χ0n) is 28.2. The monoisotopic (exact) mass is 655 g/mol. The molecule has 3 atom stereocenters. The van der Waals surface area contributed by atoms with E-state index in [1.165, 1.54) is 18.2 Å². The molecule has 0 aliphatic carbocycles. The molecule has 0 fully saturated rings. The summed E-state index contributed by atoms with van der Waals surface area (Å²) < 4.78 is 68.3. The van der Waals surface area contributed by atoms with E-state index in [9.17, 15) is 27.2 Å². The molecule has 0 saturated carbocycles. The molecular formula is C37H43F4N2O4+. The summed E-state index contributed by atoms with van der Waals surface area (Å²) in [6.45, 7) is 12.5. The Morgan fingerprint density at radius 2 is 1.53 bits per heavy atom. The van der Waals surface area contributed by atoms with Gasteiger partial charge >= 0.3 is 6.18 Å². The van der Waals surface area contributed by atoms with Crippen molar-refractivity contribution in [2.45, 2.75) is 89.6 Å². The number of fused-ring (bicyclic) bond motifs is 2. The molecule has 0 aromatic heterocycles. The first kappa shape index (κ1) is 34.7. The smallest absolute Gasteiger partial charge is 0.382 e. The Balaban J connectivity index is 1.63. The quantitative estimate of drug-likeness (QED) is 0.225. The minimum absolute atomic E-state index is 0.00752. The van der Waals surface area contributed by atoms with E-state index in [-0.39, 0.29) is 28.5 Å². The van der Waals surface area contributed by atoms with Crippen LogP contribution in [0.4, 0.5) is 28.9 Å². The van der Waals surface area contributed by atoms with Crippen molar-refractivity contribution in [3.63, 3.8) is 0 Å². The molecule has 2 aliphatic heterocycles. The maximum absolute atomic E-state index is 14.4. The summed E-state index contributed by atoms with van der Waals surface area (Å²) in [6.07, 6.45) is -0.331. The highest BCUT2D eigenvalue weighted by atomic mass is 19.4. The van der Waals surface area contributed by atoms with Crippen molar-refractivity contribution in [2.75, 3.05) is 32.2 Å². The lowest BCUT2D eigenvalue weighted by Gasteiger charge is -2.33. The van der Waals surface area contributed by atoms with Gasteiger partial charge in [-0.05, 0) is 64.0 Å². The number of rotatable bonds is 10. The van der Waals surface area contributed by atoms with Gasteiger partial charge in [0.1, 0.15) is 5.82 Å². The molecule has 0 spiro atoms. The van der Waals surface area contributed by atoms with Crippen LogP contribution in [0.25, 0.3) is 12.2 Å². The Hall–Kier alpha value is -3.63. The summed E-state index contributed by atoms with van der Waals surface area (Å²) in [5.74, 6) is -0.373. The zero-order valence-corrected chi connectivity index (χ0v) is 28.2. The average Bonchev–Trinajstić information content (AvgIpc) is 3.36. The van der Waals surface area contributed by atoms with E-state index in [0.717, 1.165) is 23.4 Å². The molecule has 10 heteroatoms. The van der Waals surface area contributed by atoms with Crippen LogP contribution in [0.3, 0.4) is 0 Å². The van der Waals surface area contributed by atoms with Crippen molar-refractivity contribution < 1.29 is 31.6 Å². The van der Waals surface area contributed by atoms with E-state index in [0.29, 0.717) is 42.9 Å². The van der Waals surface area contributed by atoms with Crippen LogP contribution in [0.5, 0.6) is 0 Å². The molecule has 0 radical (unpaired) electrons. The average molecular weight is 656 g/mol. The van der Waals surface area contributed by atoms with Gasteiger partial charge in [0, 0.05) is 56.0 Å². The van der Waals surface area contributed by atoms with Crippen LogP contribution in [0.1, 0.15) is 71.1 Å². The summed E-state index contributed by atoms with van der Waals surface area (Å²) in [6, 6.07) is 7.95. The van der Waals surface area contributed by atoms with Crippen LogP contribution >= 0.6 is 0 Å². The number of anilines is 1. The second-order valence-electron chi connectivity index (χ2n) is 13.9. The van der Waals surface area contributed by atoms with E-state index < -0.39 is 39.5 Å². The molecule has 2 heterocycles. The Morgan fingerprint density at radius 1 is 0.915 bits per heavy atom. The first-order valence-electron chi connectivity index (χ1n) is 15.9. The zero-order chi connectivity index (χ0) is 34.6. The number of nitrogens with zero attached hydrogens (tertiary/aromatic N) is 2. The topological polar surface area (TPSA) is 58.9 Å². The second kappa shape index (κ2) is 12.4. The summed E-state index contributed by atoms with van der Waals surface area (Å²) in [4.78, 5) is 29.5. The van der Waals surface area contributed by atoms with Gasteiger partial charge in [0.05, 0.1) is 39.7 Å². The van der Waals surface area contributed by atoms with Gasteiger partial charge in [-0.25, -0.2) is 4.39 Å². The van der Waals surface area contributed by atoms with Gasteiger partial charge in [0.15, 0.2) is 12.3 Å². The maximum atomic E-state index is 14.4. The van der Waals surface area contributed by atoms with Crippen LogP contribution < -0.4 is 26.2 Å². The van der Waals surface area contributed by atoms with Crippen molar-refractivity contribution >= 4 is 29.2 Å². The van der Waals surface area contributed by atoms with E-state index >= 15 is 0 Å². The van der Waals surface area contributed by atoms with Crippen molar-refractivity contribution in [2.24, 2.45) is 0 Å². The van der Waals surface area contributed by atoms with Crippen molar-refractivity contribution in [3.8, 4) is 0 Å². The van der Waals surface area contributed by atoms with Crippen molar-refractivity contribution in [1.82, 2.24) is 0 Å². The number of ether oxygens (including phenoxy) is 2. The number of hydrogen-bond donors (Lipinski definition) is 0. The Kier molecular flexibility index (Phi) is 9.18. The highest BCUT2D eigenvalue weighted by Crippen LogP contribution is 2.46. The second-order valence-corrected chi connectivity index (χ2v) is 13.9. The summed E-state index contributed by atoms with van der Waals surface area (Å²) in [5.41, 5.74) is 0.359. The number of benzene rings is 2. The molecule has 0 amide bonds. The van der Waals surface area contributed by atoms with Gasteiger partial charge in [0.2, 0.25) is 16.5 Å². The molecule has 3 aromatic rings. The van der Waals surface area contributed by atoms with E-state index in [4.69, 9.17) is 9.47 Å². The van der Waals surface area contributed by atoms with E-state index in [2.05, 4.69) is 0 Å². The number of methoxy groups -OCH3 is 2. The third-order valence-electron chi connectivity index (χ3n) is 10.2. The van der Waals surface area contributed by atoms with Gasteiger partial charge < -0.3 is 14.4 Å². The van der Waals surface area contributed by atoms with Gasteiger partial charge in [-0.2, -0.15) is 17.7 Å². The largest absolute Gasteiger partial charge is 0.416 e. The third kappa shape index (κ3) is 6.10. The molecule has 3 unspecified atom stereocenters. The first-order valence-corrected chi connectivity index (χ1v) is 15.9. The maximum Gasteiger partial charge on any atom is 0.416 e. The number of hydrogen-bond acceptors (Lipinski definition) is 5. The fourth-order valence-electron chi connectivity index (χ4n) is 6.99. The SMILES string of the molecule is COC(C)CCN1c2cc(F)ccc2C(C)(C)C1C=c1c(=O)c(=CC2=[N+](CCC(C)OC)c3cc(C(F)(F)F)ccc3C2(C)C)c1=O. The van der Waals surface area contributed by atoms with E-state index in [1.807, 2.05) is 46.4 Å². The lowest BCUT2D eigenvalue weighted by Crippen LogP contribution is -2.66. The minimum Gasteiger partial charge on any atom is -0.382 e. The molecule has 2 aliphatic rings. The van der Waals surface area contributed by atoms with Crippen LogP contribution in [0.2, 0.25) is 0 Å². The molecule has 6 nitrogen and oxygen atoms in total. The highest BCUT2D eigenvalue weighted by Gasteiger charge is 2.47. The molecule has 0 bridgehead atoms. The predicted molar refractivity (Wildman–Crippen MR) is 177 cm³/mol. The lowest BCUT2D eigenvalue weighted by atomic mass is 9.79. The van der Waals surface area contributed by atoms with Gasteiger partial charge in [-0.15, -0.1) is 0 Å². The molecule has 3 aromatic carbocycles. The Labute approximate surface area is 272 Å². The lowest BCUT2D eigenvalue weighted by molar-refractivity contribution is -0.439. The summed E-state index contributed by atoms with van der Waals surface area (Å²) in [7, 11) is 3.20. The van der Waals surface area contributed by atoms with Gasteiger partial charge in [-0.1, -0.05) is 26.0 Å². The number of halogens is 4. The molecule has 0 saturated heterocycles. The highest BCUT2D eigenvalue weighted by molar-refractivity contribution is 6.15. The van der Waals surface area contributed by atoms with Crippen molar-refractivity contribution in [3.05, 3.63) is 89.8 Å². The normalized spacial score (nSPS) is 19.6. The summed E-state index contributed by atoms with van der Waals surface area (Å²) >= 11 is 0. The molecule has 252 valence electrons. The molecule has 0 N–H and O–H groups in total. The Morgan fingerprint density at radius 3 is 2.15 bits per heavy atom. The van der Waals surface area contributed by atoms with Gasteiger partial charge in [-0.3, -0.25) is 9.59 Å². The first-order chi connectivity index (χ1) is 21.9. The third-order valence-corrected chi connectivity index (χ3v) is 10.2. The number of alkyl halides is 3. The van der Waals surface area contributed by atoms with Gasteiger partial charge in [0.25, 0.3) is 0 Å². The van der Waals surface area contributed by atoms with Crippen LogP contribution in [0, 0.1) is 5.82 Å². The van der Waals surface area contributed by atoms with Crippen molar-refractivity contribution in [1.29, 1.82) is 0 Å². The van der Waals surface area contributed by atoms with Crippen LogP contribution in [-0.2, 0) is 26.5 Å². The fourth-order valence-corrected chi connectivity index (χ4v) is 6.99. The predicted octanol–water partition coefficient (Wildman–Crippen LogP) is 5.09. The fraction of sp³-hybridized carbons (Fsp3) is 0.486. The molecular weight excluding hydrogens is 612 g/mol. The van der Waals surface area contributed by atoms with E-state index in [1.54, 1.807) is 37.0 Å².